The van der Waals surface area contributed by atoms with E-state index in [1.54, 1.807) is 24.3 Å². The molecule has 4 rings (SSSR count). The Morgan fingerprint density at radius 2 is 1.94 bits per heavy atom. The number of benzene rings is 2. The van der Waals surface area contributed by atoms with Gasteiger partial charge in [0.25, 0.3) is 13.3 Å². The van der Waals surface area contributed by atoms with E-state index in [1.807, 2.05) is 19.9 Å². The molecule has 10 heteroatoms. The van der Waals surface area contributed by atoms with E-state index in [-0.39, 0.29) is 33.5 Å². The van der Waals surface area contributed by atoms with Gasteiger partial charge >= 0.3 is 0 Å². The Morgan fingerprint density at radius 1 is 1.24 bits per heavy atom. The molecule has 2 heterocycles. The van der Waals surface area contributed by atoms with Crippen molar-refractivity contribution >= 4 is 46.4 Å². The van der Waals surface area contributed by atoms with Crippen molar-refractivity contribution in [3.05, 3.63) is 93.3 Å². The average Bonchev–Trinajstić information content (AvgIpc) is 3.20. The molecule has 0 spiro atoms. The first-order valence-electron chi connectivity index (χ1n) is 10.3. The van der Waals surface area contributed by atoms with Crippen LogP contribution in [-0.4, -0.2) is 18.0 Å². The maximum Gasteiger partial charge on any atom is 0.268 e. The lowest BCUT2D eigenvalue weighted by molar-refractivity contribution is -0.605. The second-order valence-corrected chi connectivity index (χ2v) is 10.8. The molecule has 0 fully saturated rings. The number of carbonyl (C=O) groups excluding carboxylic acids is 1. The van der Waals surface area contributed by atoms with Crippen LogP contribution in [0.1, 0.15) is 27.2 Å². The Hall–Kier alpha value is -3.19. The van der Waals surface area contributed by atoms with E-state index in [2.05, 4.69) is 10.3 Å². The van der Waals surface area contributed by atoms with Crippen molar-refractivity contribution in [3.63, 3.8) is 0 Å². The van der Waals surface area contributed by atoms with Gasteiger partial charge in [0.1, 0.15) is 5.69 Å². The average molecular weight is 502 g/mol. The molecule has 0 aliphatic rings. The standard InChI is InChI=1S/C24H22ClFN3O4P/c1-14-9-15(2)11-17(10-14)34(32,33-3)23-20-19(7-6-18(25)21(20)26)28-22(23)24(30)27-12-16-5-4-8-29(31)13-16/h4-11,13,28H,12H2,1-3H3,(H,27,30). The van der Waals surface area contributed by atoms with Crippen LogP contribution in [0.5, 0.6) is 0 Å². The summed E-state index contributed by atoms with van der Waals surface area (Å²) in [5.41, 5.74) is 2.38. The zero-order valence-electron chi connectivity index (χ0n) is 18.7. The fourth-order valence-corrected chi connectivity index (χ4v) is 6.51. The number of aromatic amines is 1. The third-order valence-electron chi connectivity index (χ3n) is 5.44. The molecule has 0 aliphatic heterocycles. The number of halogens is 2. The van der Waals surface area contributed by atoms with Crippen molar-refractivity contribution in [2.75, 3.05) is 7.11 Å². The number of rotatable bonds is 6. The van der Waals surface area contributed by atoms with Crippen LogP contribution in [0.25, 0.3) is 10.9 Å². The summed E-state index contributed by atoms with van der Waals surface area (Å²) >= 11 is 6.04. The number of aryl methyl sites for hydroxylation is 2. The number of nitrogens with zero attached hydrogens (tertiary/aromatic N) is 1. The first-order chi connectivity index (χ1) is 16.1. The maximum atomic E-state index is 15.3. The summed E-state index contributed by atoms with van der Waals surface area (Å²) in [6.07, 6.45) is 2.65. The summed E-state index contributed by atoms with van der Waals surface area (Å²) < 4.78 is 35.8. The summed E-state index contributed by atoms with van der Waals surface area (Å²) in [5, 5.41) is 14.2. The highest BCUT2D eigenvalue weighted by Gasteiger charge is 2.37. The number of amides is 1. The van der Waals surface area contributed by atoms with Crippen molar-refractivity contribution in [1.82, 2.24) is 10.3 Å². The predicted molar refractivity (Wildman–Crippen MR) is 130 cm³/mol. The minimum atomic E-state index is -3.94. The maximum absolute atomic E-state index is 15.3. The van der Waals surface area contributed by atoms with Crippen LogP contribution in [0.2, 0.25) is 5.02 Å². The molecule has 0 aliphatic carbocycles. The molecule has 176 valence electrons. The van der Waals surface area contributed by atoms with E-state index in [0.717, 1.165) is 11.1 Å². The molecule has 1 atom stereocenters. The molecular weight excluding hydrogens is 480 g/mol. The Bertz CT molecular complexity index is 1450. The van der Waals surface area contributed by atoms with Crippen LogP contribution in [0.4, 0.5) is 4.39 Å². The van der Waals surface area contributed by atoms with E-state index in [0.29, 0.717) is 15.6 Å². The van der Waals surface area contributed by atoms with Gasteiger partial charge in [-0.15, -0.1) is 0 Å². The lowest BCUT2D eigenvalue weighted by Gasteiger charge is -2.19. The molecule has 2 aromatic carbocycles. The molecule has 0 radical (unpaired) electrons. The van der Waals surface area contributed by atoms with Gasteiger partial charge < -0.3 is 20.0 Å². The van der Waals surface area contributed by atoms with Gasteiger partial charge in [-0.25, -0.2) is 4.39 Å². The summed E-state index contributed by atoms with van der Waals surface area (Å²) in [7, 11) is -2.68. The summed E-state index contributed by atoms with van der Waals surface area (Å²) in [6.45, 7) is 3.72. The summed E-state index contributed by atoms with van der Waals surface area (Å²) in [4.78, 5) is 16.1. The van der Waals surface area contributed by atoms with Crippen LogP contribution in [0.3, 0.4) is 0 Å². The quantitative estimate of drug-likeness (QED) is 0.237. The molecule has 7 nitrogen and oxygen atoms in total. The zero-order chi connectivity index (χ0) is 24.6. The number of carbonyl (C=O) groups is 1. The van der Waals surface area contributed by atoms with E-state index in [9.17, 15) is 14.6 Å². The van der Waals surface area contributed by atoms with E-state index >= 15 is 4.39 Å². The Balaban J connectivity index is 1.90. The van der Waals surface area contributed by atoms with Gasteiger partial charge in [0, 0.05) is 36.1 Å². The number of H-pyrrole nitrogens is 1. The number of fused-ring (bicyclic) bond motifs is 1. The highest BCUT2D eigenvalue weighted by atomic mass is 35.5. The first kappa shape index (κ1) is 24.0. The molecule has 0 saturated heterocycles. The molecule has 2 N–H and O–H groups in total. The highest BCUT2D eigenvalue weighted by molar-refractivity contribution is 7.75. The molecule has 2 aromatic heterocycles. The number of nitrogens with one attached hydrogen (secondary N) is 2. The van der Waals surface area contributed by atoms with Crippen LogP contribution in [-0.2, 0) is 15.6 Å². The summed E-state index contributed by atoms with van der Waals surface area (Å²) in [6, 6.07) is 11.4. The smallest absolute Gasteiger partial charge is 0.268 e. The van der Waals surface area contributed by atoms with Crippen molar-refractivity contribution < 1.29 is 23.0 Å². The molecule has 0 bridgehead atoms. The van der Waals surface area contributed by atoms with E-state index in [4.69, 9.17) is 16.1 Å². The van der Waals surface area contributed by atoms with Gasteiger partial charge in [0.2, 0.25) is 0 Å². The van der Waals surface area contributed by atoms with E-state index in [1.165, 1.54) is 31.6 Å². The molecule has 1 unspecified atom stereocenters. The monoisotopic (exact) mass is 501 g/mol. The molecule has 34 heavy (non-hydrogen) atoms. The molecule has 0 saturated carbocycles. The lowest BCUT2D eigenvalue weighted by atomic mass is 10.2. The second kappa shape index (κ2) is 9.22. The third kappa shape index (κ3) is 4.32. The predicted octanol–water partition coefficient (Wildman–Crippen LogP) is 4.02. The van der Waals surface area contributed by atoms with Gasteiger partial charge in [0.15, 0.2) is 18.2 Å². The third-order valence-corrected chi connectivity index (χ3v) is 8.22. The second-order valence-electron chi connectivity index (χ2n) is 7.97. The zero-order valence-corrected chi connectivity index (χ0v) is 20.3. The largest absolute Gasteiger partial charge is 0.619 e. The topological polar surface area (TPSA) is 98.1 Å². The van der Waals surface area contributed by atoms with Crippen LogP contribution >= 0.6 is 19.0 Å². The van der Waals surface area contributed by atoms with Crippen molar-refractivity contribution in [2.24, 2.45) is 0 Å². The highest BCUT2D eigenvalue weighted by Crippen LogP contribution is 2.48. The van der Waals surface area contributed by atoms with Gasteiger partial charge in [-0.1, -0.05) is 28.8 Å². The van der Waals surface area contributed by atoms with Crippen molar-refractivity contribution in [1.29, 1.82) is 0 Å². The van der Waals surface area contributed by atoms with E-state index < -0.39 is 19.1 Å². The number of aromatic nitrogens is 2. The molecule has 1 amide bonds. The first-order valence-corrected chi connectivity index (χ1v) is 12.3. The lowest BCUT2D eigenvalue weighted by Crippen LogP contribution is -2.31. The van der Waals surface area contributed by atoms with Gasteiger partial charge in [-0.05, 0) is 44.2 Å². The number of pyridine rings is 1. The van der Waals surface area contributed by atoms with Gasteiger partial charge in [-0.3, -0.25) is 9.36 Å². The van der Waals surface area contributed by atoms with Gasteiger partial charge in [-0.2, -0.15) is 4.73 Å². The van der Waals surface area contributed by atoms with Crippen LogP contribution < -0.4 is 20.7 Å². The fourth-order valence-electron chi connectivity index (χ4n) is 3.99. The molecule has 4 aromatic rings. The number of hydrogen-bond donors (Lipinski definition) is 2. The minimum absolute atomic E-state index is 0.0286. The normalized spacial score (nSPS) is 13.1. The molecular formula is C24H22ClFN3O4P. The summed E-state index contributed by atoms with van der Waals surface area (Å²) in [5.74, 6) is -1.44. The SMILES string of the molecule is COP(=O)(c1cc(C)cc(C)c1)c1c(C(=O)NCc2ccc[n+]([O-])c2)[nH]c2ccc(Cl)c(F)c12. The van der Waals surface area contributed by atoms with Crippen LogP contribution in [0.15, 0.2) is 54.9 Å². The van der Waals surface area contributed by atoms with Gasteiger partial charge in [0.05, 0.1) is 15.7 Å². The number of hydrogen-bond acceptors (Lipinski definition) is 4. The van der Waals surface area contributed by atoms with Crippen molar-refractivity contribution in [3.8, 4) is 0 Å². The Morgan fingerprint density at radius 3 is 2.59 bits per heavy atom. The fraction of sp³-hybridized carbons (Fsp3) is 0.167. The van der Waals surface area contributed by atoms with Crippen LogP contribution in [0, 0.1) is 24.9 Å². The minimum Gasteiger partial charge on any atom is -0.619 e. The Labute approximate surface area is 200 Å². The van der Waals surface area contributed by atoms with Crippen molar-refractivity contribution in [2.45, 2.75) is 20.4 Å². The Kier molecular flexibility index (Phi) is 6.49.